The zero-order valence-corrected chi connectivity index (χ0v) is 12.1. The molecular weight excluding hydrogens is 278 g/mol. The molecule has 1 fully saturated rings. The lowest BCUT2D eigenvalue weighted by molar-refractivity contribution is -0.122. The van der Waals surface area contributed by atoms with Crippen molar-refractivity contribution < 1.29 is 4.79 Å². The maximum Gasteiger partial charge on any atom is 0.276 e. The van der Waals surface area contributed by atoms with Crippen LogP contribution in [0, 0.1) is 11.3 Å². The highest BCUT2D eigenvalue weighted by atomic mass is 32.1. The van der Waals surface area contributed by atoms with Gasteiger partial charge in [0.25, 0.3) is 5.91 Å². The largest absolute Gasteiger partial charge is 0.328 e. The summed E-state index contributed by atoms with van der Waals surface area (Å²) in [5.74, 6) is -0.0923. The molecule has 0 atom stereocenters. The molecular formula is C13H13N3OS2. The van der Waals surface area contributed by atoms with Crippen LogP contribution >= 0.6 is 23.6 Å². The molecule has 4 nitrogen and oxygen atoms in total. The number of hydrogen-bond acceptors (Lipinski definition) is 4. The van der Waals surface area contributed by atoms with Crippen LogP contribution in [-0.2, 0) is 4.79 Å². The van der Waals surface area contributed by atoms with Gasteiger partial charge in [0.05, 0.1) is 5.56 Å². The Hall–Kier alpha value is -1.71. The van der Waals surface area contributed by atoms with Crippen molar-refractivity contribution in [1.29, 1.82) is 5.26 Å². The number of thiocarbonyl (C=S) groups is 1. The first-order valence-electron chi connectivity index (χ1n) is 5.99. The average Bonchev–Trinajstić information content (AvgIpc) is 2.95. The Kier molecular flexibility index (Phi) is 4.30. The minimum absolute atomic E-state index is 0.0923. The second-order valence-electron chi connectivity index (χ2n) is 4.15. The van der Waals surface area contributed by atoms with Gasteiger partial charge in [-0.2, -0.15) is 5.26 Å². The molecule has 19 heavy (non-hydrogen) atoms. The fourth-order valence-electron chi connectivity index (χ4n) is 1.72. The van der Waals surface area contributed by atoms with Crippen LogP contribution in [0.2, 0.25) is 0 Å². The molecule has 0 bridgehead atoms. The van der Waals surface area contributed by atoms with Gasteiger partial charge in [-0.25, -0.2) is 0 Å². The topological polar surface area (TPSA) is 56.1 Å². The molecule has 0 unspecified atom stereocenters. The first-order chi connectivity index (χ1) is 9.15. The van der Waals surface area contributed by atoms with Crippen LogP contribution in [-0.4, -0.2) is 22.5 Å². The Balaban J connectivity index is 2.16. The van der Waals surface area contributed by atoms with E-state index in [2.05, 4.69) is 18.3 Å². The first kappa shape index (κ1) is 13.7. The van der Waals surface area contributed by atoms with Crippen molar-refractivity contribution >= 4 is 40.7 Å². The molecule has 0 spiro atoms. The van der Waals surface area contributed by atoms with E-state index in [9.17, 15) is 4.79 Å². The molecule has 1 saturated heterocycles. The van der Waals surface area contributed by atoms with Crippen LogP contribution in [0.5, 0.6) is 0 Å². The van der Waals surface area contributed by atoms with E-state index in [1.54, 1.807) is 22.4 Å². The third-order valence-corrected chi connectivity index (χ3v) is 3.94. The maximum absolute atomic E-state index is 12.1. The van der Waals surface area contributed by atoms with Gasteiger partial charge < -0.3 is 5.32 Å². The zero-order valence-electron chi connectivity index (χ0n) is 10.5. The van der Waals surface area contributed by atoms with Gasteiger partial charge in [0.1, 0.15) is 11.8 Å². The summed E-state index contributed by atoms with van der Waals surface area (Å²) in [4.78, 5) is 14.6. The smallest absolute Gasteiger partial charge is 0.276 e. The van der Waals surface area contributed by atoms with Crippen LogP contribution in [0.15, 0.2) is 17.1 Å². The molecule has 1 aromatic heterocycles. The quantitative estimate of drug-likeness (QED) is 0.684. The normalized spacial score (nSPS) is 16.8. The lowest BCUT2D eigenvalue weighted by atomic mass is 10.3. The summed E-state index contributed by atoms with van der Waals surface area (Å²) < 4.78 is 0. The van der Waals surface area contributed by atoms with E-state index in [0.717, 1.165) is 17.7 Å². The van der Waals surface area contributed by atoms with E-state index in [4.69, 9.17) is 17.5 Å². The van der Waals surface area contributed by atoms with Crippen LogP contribution in [0.1, 0.15) is 30.2 Å². The number of nitriles is 1. The van der Waals surface area contributed by atoms with Gasteiger partial charge in [-0.05, 0) is 30.8 Å². The highest BCUT2D eigenvalue weighted by Gasteiger charge is 2.29. The van der Waals surface area contributed by atoms with Crippen molar-refractivity contribution in [2.75, 3.05) is 6.54 Å². The van der Waals surface area contributed by atoms with Gasteiger partial charge in [0, 0.05) is 16.8 Å². The van der Waals surface area contributed by atoms with Gasteiger partial charge in [0.15, 0.2) is 5.11 Å². The lowest BCUT2D eigenvalue weighted by Crippen LogP contribution is -2.31. The van der Waals surface area contributed by atoms with Crippen molar-refractivity contribution in [3.05, 3.63) is 27.6 Å². The van der Waals surface area contributed by atoms with Gasteiger partial charge >= 0.3 is 0 Å². The van der Waals surface area contributed by atoms with Crippen molar-refractivity contribution in [2.24, 2.45) is 0 Å². The summed E-state index contributed by atoms with van der Waals surface area (Å²) in [6.45, 7) is 2.72. The number of nitrogens with zero attached hydrogens (tertiary/aromatic N) is 2. The number of hydrogen-bond donors (Lipinski definition) is 1. The molecule has 1 amide bonds. The van der Waals surface area contributed by atoms with E-state index in [1.165, 1.54) is 11.3 Å². The molecule has 6 heteroatoms. The Morgan fingerprint density at radius 3 is 3.05 bits per heavy atom. The fourth-order valence-corrected chi connectivity index (χ4v) is 2.77. The van der Waals surface area contributed by atoms with Crippen molar-refractivity contribution in [1.82, 2.24) is 10.2 Å². The number of rotatable bonds is 4. The second-order valence-corrected chi connectivity index (χ2v) is 5.48. The number of carbonyl (C=O) groups is 1. The number of amides is 1. The molecule has 0 aromatic carbocycles. The summed E-state index contributed by atoms with van der Waals surface area (Å²) in [6, 6.07) is 3.82. The predicted molar refractivity (Wildman–Crippen MR) is 79.4 cm³/mol. The van der Waals surface area contributed by atoms with Crippen molar-refractivity contribution in [2.45, 2.75) is 19.8 Å². The molecule has 0 aliphatic carbocycles. The third-order valence-electron chi connectivity index (χ3n) is 2.73. The molecule has 98 valence electrons. The highest BCUT2D eigenvalue weighted by molar-refractivity contribution is 7.80. The lowest BCUT2D eigenvalue weighted by Gasteiger charge is -2.12. The Morgan fingerprint density at radius 2 is 2.42 bits per heavy atom. The van der Waals surface area contributed by atoms with E-state index >= 15 is 0 Å². The summed E-state index contributed by atoms with van der Waals surface area (Å²) >= 11 is 6.59. The molecule has 1 aromatic rings. The summed E-state index contributed by atoms with van der Waals surface area (Å²) in [5, 5.41) is 13.9. The highest BCUT2D eigenvalue weighted by Crippen LogP contribution is 2.20. The predicted octanol–water partition coefficient (Wildman–Crippen LogP) is 2.48. The minimum Gasteiger partial charge on any atom is -0.328 e. The molecule has 1 aliphatic rings. The minimum atomic E-state index is -0.0923. The van der Waals surface area contributed by atoms with E-state index in [0.29, 0.717) is 22.9 Å². The molecule has 2 heterocycles. The van der Waals surface area contributed by atoms with Crippen molar-refractivity contribution in [3.63, 3.8) is 0 Å². The Bertz CT molecular complexity index is 583. The Morgan fingerprint density at radius 1 is 1.63 bits per heavy atom. The Labute approximate surface area is 121 Å². The van der Waals surface area contributed by atoms with E-state index in [-0.39, 0.29) is 5.91 Å². The van der Waals surface area contributed by atoms with Crippen LogP contribution in [0.4, 0.5) is 0 Å². The zero-order chi connectivity index (χ0) is 13.8. The van der Waals surface area contributed by atoms with Gasteiger partial charge in [0.2, 0.25) is 0 Å². The number of thiophene rings is 1. The second kappa shape index (κ2) is 5.95. The summed E-state index contributed by atoms with van der Waals surface area (Å²) in [5.41, 5.74) is 1.08. The maximum atomic E-state index is 12.1. The average molecular weight is 291 g/mol. The van der Waals surface area contributed by atoms with E-state index in [1.807, 2.05) is 0 Å². The first-order valence-corrected chi connectivity index (χ1v) is 7.27. The van der Waals surface area contributed by atoms with Gasteiger partial charge in [-0.1, -0.05) is 13.3 Å². The van der Waals surface area contributed by atoms with Crippen LogP contribution in [0.3, 0.4) is 0 Å². The fraction of sp³-hybridized carbons (Fsp3) is 0.308. The molecule has 1 N–H and O–H groups in total. The third kappa shape index (κ3) is 3.00. The summed E-state index contributed by atoms with van der Waals surface area (Å²) in [6.07, 6.45) is 3.69. The van der Waals surface area contributed by atoms with Gasteiger partial charge in [-0.15, -0.1) is 11.3 Å². The standard InChI is InChI=1S/C13H13N3OS2/c1-2-3-4-16-12(17)11(15-13(16)18)6-10-5-9(7-14)8-19-10/h5-6,8H,2-4H2,1H3,(H,15,18)/b11-6+. The molecule has 0 saturated carbocycles. The number of nitrogens with one attached hydrogen (secondary N) is 1. The van der Waals surface area contributed by atoms with E-state index < -0.39 is 0 Å². The van der Waals surface area contributed by atoms with Crippen molar-refractivity contribution in [3.8, 4) is 6.07 Å². The molecule has 0 radical (unpaired) electrons. The number of carbonyl (C=O) groups excluding carboxylic acids is 1. The summed E-state index contributed by atoms with van der Waals surface area (Å²) in [7, 11) is 0. The number of unbranched alkanes of at least 4 members (excludes halogenated alkanes) is 1. The molecule has 1 aliphatic heterocycles. The van der Waals surface area contributed by atoms with Crippen LogP contribution < -0.4 is 5.32 Å². The van der Waals surface area contributed by atoms with Crippen LogP contribution in [0.25, 0.3) is 6.08 Å². The SMILES string of the molecule is CCCCN1C(=O)/C(=C\c2cc(C#N)cs2)NC1=S. The molecule has 2 rings (SSSR count). The van der Waals surface area contributed by atoms with Gasteiger partial charge in [-0.3, -0.25) is 9.69 Å². The monoisotopic (exact) mass is 291 g/mol.